The molecule has 5 nitrogen and oxygen atoms in total. The van der Waals surface area contributed by atoms with E-state index in [4.69, 9.17) is 0 Å². The van der Waals surface area contributed by atoms with Crippen molar-refractivity contribution in [2.24, 2.45) is 0 Å². The van der Waals surface area contributed by atoms with Gasteiger partial charge in [-0.25, -0.2) is 4.98 Å². The van der Waals surface area contributed by atoms with Gasteiger partial charge in [-0.2, -0.15) is 14.6 Å². The summed E-state index contributed by atoms with van der Waals surface area (Å²) < 4.78 is 1.77. The summed E-state index contributed by atoms with van der Waals surface area (Å²) in [7, 11) is 0. The topological polar surface area (TPSA) is 55.1 Å². The zero-order chi connectivity index (χ0) is 13.9. The van der Waals surface area contributed by atoms with Crippen molar-refractivity contribution >= 4 is 17.3 Å². The lowest BCUT2D eigenvalue weighted by Crippen LogP contribution is -2.08. The highest BCUT2D eigenvalue weighted by Crippen LogP contribution is 2.24. The van der Waals surface area contributed by atoms with Gasteiger partial charge in [0.15, 0.2) is 0 Å². The van der Waals surface area contributed by atoms with Crippen molar-refractivity contribution in [2.45, 2.75) is 26.7 Å². The van der Waals surface area contributed by atoms with Gasteiger partial charge in [0.05, 0.1) is 0 Å². The van der Waals surface area contributed by atoms with Crippen LogP contribution in [0.25, 0.3) is 5.78 Å². The van der Waals surface area contributed by atoms with Crippen LogP contribution in [0.2, 0.25) is 0 Å². The van der Waals surface area contributed by atoms with Crippen LogP contribution in [-0.2, 0) is 6.42 Å². The number of para-hydroxylation sites is 1. The van der Waals surface area contributed by atoms with Crippen LogP contribution in [0.5, 0.6) is 0 Å². The van der Waals surface area contributed by atoms with Crippen molar-refractivity contribution in [3.05, 3.63) is 47.9 Å². The van der Waals surface area contributed by atoms with E-state index >= 15 is 0 Å². The van der Waals surface area contributed by atoms with Crippen LogP contribution >= 0.6 is 0 Å². The third-order valence-corrected chi connectivity index (χ3v) is 3.27. The molecule has 0 amide bonds. The summed E-state index contributed by atoms with van der Waals surface area (Å²) >= 11 is 0. The molecule has 5 heteroatoms. The van der Waals surface area contributed by atoms with E-state index in [0.717, 1.165) is 30.0 Å². The molecule has 0 atom stereocenters. The molecule has 0 radical (unpaired) electrons. The summed E-state index contributed by atoms with van der Waals surface area (Å²) in [6.45, 7) is 4.19. The van der Waals surface area contributed by atoms with Crippen molar-refractivity contribution in [3.8, 4) is 0 Å². The minimum Gasteiger partial charge on any atom is -0.340 e. The Kier molecular flexibility index (Phi) is 3.33. The number of hydrogen-bond acceptors (Lipinski definition) is 4. The predicted octanol–water partition coefficient (Wildman–Crippen LogP) is 3.13. The SMILES string of the molecule is CCCc1c(C)nc2ncnn2c1Nc1ccccc1. The lowest BCUT2D eigenvalue weighted by atomic mass is 10.1. The highest BCUT2D eigenvalue weighted by atomic mass is 15.4. The average Bonchev–Trinajstić information content (AvgIpc) is 2.92. The smallest absolute Gasteiger partial charge is 0.254 e. The molecule has 0 aliphatic rings. The number of nitrogens with zero attached hydrogens (tertiary/aromatic N) is 4. The zero-order valence-electron chi connectivity index (χ0n) is 11.7. The first-order chi connectivity index (χ1) is 9.79. The Labute approximate surface area is 117 Å². The van der Waals surface area contributed by atoms with Gasteiger partial charge in [0, 0.05) is 16.9 Å². The molecule has 0 aliphatic heterocycles. The number of rotatable bonds is 4. The number of anilines is 2. The van der Waals surface area contributed by atoms with Crippen molar-refractivity contribution in [1.82, 2.24) is 19.6 Å². The van der Waals surface area contributed by atoms with Crippen LogP contribution in [0.15, 0.2) is 36.7 Å². The first kappa shape index (κ1) is 12.6. The fraction of sp³-hybridized carbons (Fsp3) is 0.267. The number of nitrogens with one attached hydrogen (secondary N) is 1. The second-order valence-electron chi connectivity index (χ2n) is 4.74. The molecule has 2 heterocycles. The lowest BCUT2D eigenvalue weighted by Gasteiger charge is -2.14. The minimum absolute atomic E-state index is 0.626. The summed E-state index contributed by atoms with van der Waals surface area (Å²) in [6, 6.07) is 10.1. The molecule has 0 fully saturated rings. The Morgan fingerprint density at radius 1 is 1.20 bits per heavy atom. The normalized spacial score (nSPS) is 10.9. The summed E-state index contributed by atoms with van der Waals surface area (Å²) in [5.74, 6) is 1.58. The van der Waals surface area contributed by atoms with E-state index in [1.54, 1.807) is 4.52 Å². The Bertz CT molecular complexity index is 718. The Balaban J connectivity index is 2.15. The molecule has 0 saturated heterocycles. The minimum atomic E-state index is 0.626. The Morgan fingerprint density at radius 2 is 2.00 bits per heavy atom. The van der Waals surface area contributed by atoms with Gasteiger partial charge in [0.25, 0.3) is 5.78 Å². The molecule has 2 aromatic heterocycles. The molecule has 1 N–H and O–H groups in total. The fourth-order valence-electron chi connectivity index (χ4n) is 2.32. The quantitative estimate of drug-likeness (QED) is 0.789. The molecule has 20 heavy (non-hydrogen) atoms. The van der Waals surface area contributed by atoms with Crippen LogP contribution in [0, 0.1) is 6.92 Å². The van der Waals surface area contributed by atoms with Crippen molar-refractivity contribution in [1.29, 1.82) is 0 Å². The van der Waals surface area contributed by atoms with Gasteiger partial charge >= 0.3 is 0 Å². The fourth-order valence-corrected chi connectivity index (χ4v) is 2.32. The molecule has 0 aliphatic carbocycles. The van der Waals surface area contributed by atoms with Gasteiger partial charge < -0.3 is 5.32 Å². The van der Waals surface area contributed by atoms with Gasteiger partial charge in [-0.15, -0.1) is 0 Å². The average molecular weight is 267 g/mol. The van der Waals surface area contributed by atoms with E-state index in [1.807, 2.05) is 37.3 Å². The third kappa shape index (κ3) is 2.22. The maximum Gasteiger partial charge on any atom is 0.254 e. The summed E-state index contributed by atoms with van der Waals surface area (Å²) in [6.07, 6.45) is 3.56. The van der Waals surface area contributed by atoms with Gasteiger partial charge in [-0.05, 0) is 25.5 Å². The molecular weight excluding hydrogens is 250 g/mol. The molecule has 1 aromatic carbocycles. The van der Waals surface area contributed by atoms with E-state index in [2.05, 4.69) is 27.3 Å². The van der Waals surface area contributed by atoms with Crippen LogP contribution in [-0.4, -0.2) is 19.6 Å². The first-order valence-corrected chi connectivity index (χ1v) is 6.81. The van der Waals surface area contributed by atoms with Gasteiger partial charge in [-0.3, -0.25) is 0 Å². The van der Waals surface area contributed by atoms with Crippen LogP contribution in [0.3, 0.4) is 0 Å². The second kappa shape index (κ2) is 5.28. The van der Waals surface area contributed by atoms with Crippen molar-refractivity contribution < 1.29 is 0 Å². The van der Waals surface area contributed by atoms with Gasteiger partial charge in [-0.1, -0.05) is 31.5 Å². The Morgan fingerprint density at radius 3 is 2.75 bits per heavy atom. The highest BCUT2D eigenvalue weighted by Gasteiger charge is 2.13. The standard InChI is InChI=1S/C15H17N5/c1-3-7-13-11(2)18-15-16-10-17-20(15)14(13)19-12-8-5-4-6-9-12/h4-6,8-10,19H,3,7H2,1-2H3. The Hall–Kier alpha value is -2.43. The van der Waals surface area contributed by atoms with E-state index in [9.17, 15) is 0 Å². The molecule has 102 valence electrons. The summed E-state index contributed by atoms with van der Waals surface area (Å²) in [5, 5.41) is 7.73. The molecule has 3 rings (SSSR count). The number of hydrogen-bond donors (Lipinski definition) is 1. The molecule has 0 saturated carbocycles. The third-order valence-electron chi connectivity index (χ3n) is 3.27. The van der Waals surface area contributed by atoms with Crippen molar-refractivity contribution in [3.63, 3.8) is 0 Å². The molecule has 0 bridgehead atoms. The van der Waals surface area contributed by atoms with Crippen LogP contribution in [0.4, 0.5) is 11.5 Å². The lowest BCUT2D eigenvalue weighted by molar-refractivity contribution is 0.856. The van der Waals surface area contributed by atoms with Gasteiger partial charge in [0.1, 0.15) is 12.1 Å². The largest absolute Gasteiger partial charge is 0.340 e. The monoisotopic (exact) mass is 267 g/mol. The summed E-state index contributed by atoms with van der Waals surface area (Å²) in [4.78, 5) is 8.69. The van der Waals surface area contributed by atoms with Crippen LogP contribution < -0.4 is 5.32 Å². The maximum atomic E-state index is 4.51. The summed E-state index contributed by atoms with van der Waals surface area (Å²) in [5.41, 5.74) is 3.23. The van der Waals surface area contributed by atoms with E-state index in [0.29, 0.717) is 5.78 Å². The van der Waals surface area contributed by atoms with E-state index in [1.165, 1.54) is 11.9 Å². The predicted molar refractivity (Wildman–Crippen MR) is 79.2 cm³/mol. The highest BCUT2D eigenvalue weighted by molar-refractivity contribution is 5.62. The number of aromatic nitrogens is 4. The van der Waals surface area contributed by atoms with Gasteiger partial charge in [0.2, 0.25) is 0 Å². The van der Waals surface area contributed by atoms with E-state index < -0.39 is 0 Å². The molecule has 0 unspecified atom stereocenters. The first-order valence-electron chi connectivity index (χ1n) is 6.81. The van der Waals surface area contributed by atoms with Crippen LogP contribution in [0.1, 0.15) is 24.6 Å². The van der Waals surface area contributed by atoms with E-state index in [-0.39, 0.29) is 0 Å². The second-order valence-corrected chi connectivity index (χ2v) is 4.74. The molecule has 0 spiro atoms. The van der Waals surface area contributed by atoms with Crippen molar-refractivity contribution in [2.75, 3.05) is 5.32 Å². The zero-order valence-corrected chi connectivity index (χ0v) is 11.7. The number of benzene rings is 1. The molecule has 3 aromatic rings. The maximum absolute atomic E-state index is 4.51. The number of aryl methyl sites for hydroxylation is 1. The molecular formula is C15H17N5. The number of fused-ring (bicyclic) bond motifs is 1.